The highest BCUT2D eigenvalue weighted by Crippen LogP contribution is 2.45. The molecule has 0 radical (unpaired) electrons. The summed E-state index contributed by atoms with van der Waals surface area (Å²) in [6, 6.07) is 9.27. The van der Waals surface area contributed by atoms with Crippen LogP contribution >= 0.6 is 0 Å². The number of hydrogen-bond donors (Lipinski definition) is 0. The zero-order valence-electron chi connectivity index (χ0n) is 23.5. The molecule has 4 aromatic rings. The van der Waals surface area contributed by atoms with Crippen LogP contribution in [0.4, 0.5) is 0 Å². The fraction of sp³-hybridized carbons (Fsp3) is 0.562. The Kier molecular flexibility index (Phi) is 7.04. The predicted octanol–water partition coefficient (Wildman–Crippen LogP) is 7.41. The first-order valence-electron chi connectivity index (χ1n) is 14.5. The number of aromatic nitrogens is 4. The quantitative estimate of drug-likeness (QED) is 0.246. The van der Waals surface area contributed by atoms with Crippen LogP contribution in [0, 0.1) is 5.92 Å². The monoisotopic (exact) mass is 514 g/mol. The lowest BCUT2D eigenvalue weighted by Crippen LogP contribution is -2.27. The van der Waals surface area contributed by atoms with Crippen LogP contribution in [0.5, 0.6) is 0 Å². The molecule has 6 atom stereocenters. The lowest BCUT2D eigenvalue weighted by molar-refractivity contribution is 0.0382. The fourth-order valence-electron chi connectivity index (χ4n) is 7.58. The van der Waals surface area contributed by atoms with Crippen LogP contribution < -0.4 is 0 Å². The molecule has 38 heavy (non-hydrogen) atoms. The Morgan fingerprint density at radius 3 is 2.13 bits per heavy atom. The first-order chi connectivity index (χ1) is 18.5. The molecule has 0 amide bonds. The molecule has 0 bridgehead atoms. The summed E-state index contributed by atoms with van der Waals surface area (Å²) < 4.78 is 17.0. The van der Waals surface area contributed by atoms with Gasteiger partial charge in [-0.3, -0.25) is 0 Å². The molecule has 4 aromatic heterocycles. The molecule has 2 saturated carbocycles. The molecule has 6 heteroatoms. The smallest absolute Gasteiger partial charge is 0.140 e. The largest absolute Gasteiger partial charge is 0.379 e. The maximum absolute atomic E-state index is 6.27. The molecule has 0 saturated heterocycles. The van der Waals surface area contributed by atoms with E-state index < -0.39 is 0 Å². The van der Waals surface area contributed by atoms with Gasteiger partial charge in [0.2, 0.25) is 0 Å². The summed E-state index contributed by atoms with van der Waals surface area (Å²) in [6.45, 7) is 6.92. The topological polar surface area (TPSA) is 54.1 Å². The van der Waals surface area contributed by atoms with Crippen LogP contribution in [0.1, 0.15) is 94.3 Å². The van der Waals surface area contributed by atoms with Crippen LogP contribution in [0.15, 0.2) is 49.1 Å². The Hall–Kier alpha value is -2.70. The first kappa shape index (κ1) is 25.6. The summed E-state index contributed by atoms with van der Waals surface area (Å²) in [5.74, 6) is 1.37. The molecule has 2 fully saturated rings. The van der Waals surface area contributed by atoms with Crippen LogP contribution in [-0.2, 0) is 9.47 Å². The third-order valence-corrected chi connectivity index (χ3v) is 9.43. The fourth-order valence-corrected chi connectivity index (χ4v) is 7.58. The minimum absolute atomic E-state index is 0.175. The van der Waals surface area contributed by atoms with Gasteiger partial charge in [-0.15, -0.1) is 0 Å². The lowest BCUT2D eigenvalue weighted by Gasteiger charge is -2.27. The molecule has 0 spiro atoms. The van der Waals surface area contributed by atoms with Crippen molar-refractivity contribution in [3.63, 3.8) is 0 Å². The SMILES string of the molecule is COC1C(CC(C)c2cn([C@H]3CCC[C@@H]3OC)c3ncccc23)CCC1n1cc(C(C)C)c2cccnc21. The Morgan fingerprint density at radius 1 is 0.816 bits per heavy atom. The minimum Gasteiger partial charge on any atom is -0.379 e. The van der Waals surface area contributed by atoms with Gasteiger partial charge in [0.1, 0.15) is 11.3 Å². The highest BCUT2D eigenvalue weighted by molar-refractivity contribution is 5.82. The summed E-state index contributed by atoms with van der Waals surface area (Å²) in [5.41, 5.74) is 4.97. The van der Waals surface area contributed by atoms with Gasteiger partial charge in [-0.05, 0) is 91.7 Å². The third kappa shape index (κ3) is 4.26. The predicted molar refractivity (Wildman–Crippen MR) is 153 cm³/mol. The van der Waals surface area contributed by atoms with E-state index in [9.17, 15) is 0 Å². The number of hydrogen-bond acceptors (Lipinski definition) is 4. The molecule has 4 unspecified atom stereocenters. The van der Waals surface area contributed by atoms with E-state index in [0.717, 1.165) is 37.0 Å². The van der Waals surface area contributed by atoms with Crippen LogP contribution in [0.25, 0.3) is 22.1 Å². The van der Waals surface area contributed by atoms with Gasteiger partial charge in [0, 0.05) is 49.8 Å². The highest BCUT2D eigenvalue weighted by Gasteiger charge is 2.39. The number of pyridine rings is 2. The van der Waals surface area contributed by atoms with Crippen molar-refractivity contribution in [1.82, 2.24) is 19.1 Å². The van der Waals surface area contributed by atoms with Gasteiger partial charge >= 0.3 is 0 Å². The van der Waals surface area contributed by atoms with Gasteiger partial charge < -0.3 is 18.6 Å². The van der Waals surface area contributed by atoms with Crippen molar-refractivity contribution in [2.24, 2.45) is 5.92 Å². The zero-order valence-corrected chi connectivity index (χ0v) is 23.5. The lowest BCUT2D eigenvalue weighted by atomic mass is 9.88. The van der Waals surface area contributed by atoms with Gasteiger partial charge in [0.15, 0.2) is 0 Å². The Bertz CT molecular complexity index is 1410. The van der Waals surface area contributed by atoms with Crippen molar-refractivity contribution in [2.75, 3.05) is 14.2 Å². The Balaban J connectivity index is 1.28. The summed E-state index contributed by atoms with van der Waals surface area (Å²) in [7, 11) is 3.74. The molecule has 2 aliphatic rings. The number of methoxy groups -OCH3 is 2. The van der Waals surface area contributed by atoms with Gasteiger partial charge in [-0.2, -0.15) is 0 Å². The van der Waals surface area contributed by atoms with E-state index in [1.54, 1.807) is 0 Å². The van der Waals surface area contributed by atoms with Crippen molar-refractivity contribution < 1.29 is 9.47 Å². The van der Waals surface area contributed by atoms with E-state index in [4.69, 9.17) is 19.4 Å². The van der Waals surface area contributed by atoms with Crippen molar-refractivity contribution >= 4 is 22.1 Å². The molecule has 4 heterocycles. The summed E-state index contributed by atoms with van der Waals surface area (Å²) in [5, 5.41) is 2.56. The van der Waals surface area contributed by atoms with Crippen molar-refractivity contribution in [2.45, 2.75) is 95.4 Å². The number of nitrogens with zero attached hydrogens (tertiary/aromatic N) is 4. The average Bonchev–Trinajstić information content (AvgIpc) is 3.71. The molecule has 0 N–H and O–H groups in total. The molecule has 6 rings (SSSR count). The molecule has 0 aliphatic heterocycles. The first-order valence-corrected chi connectivity index (χ1v) is 14.5. The van der Waals surface area contributed by atoms with E-state index in [0.29, 0.717) is 29.8 Å². The number of rotatable bonds is 8. The molecule has 6 nitrogen and oxygen atoms in total. The van der Waals surface area contributed by atoms with E-state index in [1.807, 2.05) is 26.6 Å². The van der Waals surface area contributed by atoms with Crippen molar-refractivity contribution in [3.8, 4) is 0 Å². The van der Waals surface area contributed by atoms with Crippen LogP contribution in [-0.4, -0.2) is 45.5 Å². The maximum atomic E-state index is 6.27. The molecule has 0 aromatic carbocycles. The van der Waals surface area contributed by atoms with Gasteiger partial charge in [0.25, 0.3) is 0 Å². The second-order valence-corrected chi connectivity index (χ2v) is 11.9. The zero-order chi connectivity index (χ0) is 26.4. The normalized spacial score (nSPS) is 26.7. The third-order valence-electron chi connectivity index (χ3n) is 9.43. The van der Waals surface area contributed by atoms with Crippen LogP contribution in [0.3, 0.4) is 0 Å². The molecular formula is C32H42N4O2. The highest BCUT2D eigenvalue weighted by atomic mass is 16.5. The van der Waals surface area contributed by atoms with Gasteiger partial charge in [-0.1, -0.05) is 20.8 Å². The van der Waals surface area contributed by atoms with Gasteiger partial charge in [0.05, 0.1) is 24.3 Å². The van der Waals surface area contributed by atoms with E-state index in [-0.39, 0.29) is 12.2 Å². The Morgan fingerprint density at radius 2 is 1.47 bits per heavy atom. The average molecular weight is 515 g/mol. The summed E-state index contributed by atoms with van der Waals surface area (Å²) in [4.78, 5) is 9.64. The molecule has 202 valence electrons. The summed E-state index contributed by atoms with van der Waals surface area (Å²) >= 11 is 0. The van der Waals surface area contributed by atoms with Crippen LogP contribution in [0.2, 0.25) is 0 Å². The minimum atomic E-state index is 0.175. The maximum Gasteiger partial charge on any atom is 0.140 e. The van der Waals surface area contributed by atoms with E-state index >= 15 is 0 Å². The second-order valence-electron chi connectivity index (χ2n) is 11.9. The Labute approximate surface area is 226 Å². The van der Waals surface area contributed by atoms with Crippen molar-refractivity contribution in [3.05, 3.63) is 60.2 Å². The summed E-state index contributed by atoms with van der Waals surface area (Å²) in [6.07, 6.45) is 15.9. The molecule has 2 aliphatic carbocycles. The van der Waals surface area contributed by atoms with E-state index in [2.05, 4.69) is 66.6 Å². The molecular weight excluding hydrogens is 472 g/mol. The number of ether oxygens (including phenoxy) is 2. The van der Waals surface area contributed by atoms with Crippen molar-refractivity contribution in [1.29, 1.82) is 0 Å². The standard InChI is InChI=1S/C32H42N4O2/c1-20(2)25-18-36(31-23(25)9-7-15-33-31)28-14-13-22(30(28)38-5)17-21(3)26-19-35(27-11-6-12-29(27)37-4)32-24(26)10-8-16-34-32/h7-10,15-16,18-22,27-30H,6,11-14,17H2,1-5H3/t21?,22?,27-,28?,29-,30?/m0/s1. The second kappa shape index (κ2) is 10.5. The number of fused-ring (bicyclic) bond motifs is 2. The van der Waals surface area contributed by atoms with E-state index in [1.165, 1.54) is 34.7 Å². The van der Waals surface area contributed by atoms with Gasteiger partial charge in [-0.25, -0.2) is 9.97 Å².